The van der Waals surface area contributed by atoms with Crippen molar-refractivity contribution >= 4 is 0 Å². The number of nitrogens with zero attached hydrogens (tertiary/aromatic N) is 1. The van der Waals surface area contributed by atoms with Crippen LogP contribution < -0.4 is 0 Å². The maximum atomic E-state index is 13.6. The van der Waals surface area contributed by atoms with Crippen molar-refractivity contribution < 1.29 is 4.39 Å². The molecule has 1 saturated heterocycles. The van der Waals surface area contributed by atoms with E-state index < -0.39 is 6.17 Å². The van der Waals surface area contributed by atoms with Gasteiger partial charge in [-0.2, -0.15) is 0 Å². The van der Waals surface area contributed by atoms with E-state index in [0.717, 1.165) is 25.4 Å². The van der Waals surface area contributed by atoms with E-state index >= 15 is 0 Å². The predicted molar refractivity (Wildman–Crippen MR) is 61.6 cm³/mol. The van der Waals surface area contributed by atoms with Gasteiger partial charge in [0.1, 0.15) is 6.17 Å². The zero-order chi connectivity index (χ0) is 11.1. The number of likely N-dealkylation sites (tertiary alicyclic amines) is 1. The van der Waals surface area contributed by atoms with Gasteiger partial charge in [0, 0.05) is 13.1 Å². The van der Waals surface area contributed by atoms with Crippen molar-refractivity contribution in [2.45, 2.75) is 46.2 Å². The Balaban J connectivity index is 1.86. The van der Waals surface area contributed by atoms with Gasteiger partial charge in [-0.3, -0.25) is 4.90 Å². The summed E-state index contributed by atoms with van der Waals surface area (Å²) >= 11 is 0. The molecule has 88 valence electrons. The summed E-state index contributed by atoms with van der Waals surface area (Å²) in [6.07, 6.45) is 3.15. The molecule has 0 aromatic heterocycles. The Kier molecular flexibility index (Phi) is 3.07. The predicted octanol–water partition coefficient (Wildman–Crippen LogP) is 3.10. The van der Waals surface area contributed by atoms with E-state index in [9.17, 15) is 4.39 Å². The third-order valence-corrected chi connectivity index (χ3v) is 4.61. The average Bonchev–Trinajstić information content (AvgIpc) is 2.93. The lowest BCUT2D eigenvalue weighted by Gasteiger charge is -2.36. The third-order valence-electron chi connectivity index (χ3n) is 4.61. The molecule has 0 amide bonds. The molecule has 1 aliphatic carbocycles. The molecule has 1 saturated carbocycles. The first kappa shape index (κ1) is 11.4. The summed E-state index contributed by atoms with van der Waals surface area (Å²) in [4.78, 5) is 2.36. The van der Waals surface area contributed by atoms with Gasteiger partial charge in [-0.15, -0.1) is 0 Å². The van der Waals surface area contributed by atoms with Crippen molar-refractivity contribution in [2.24, 2.45) is 17.3 Å². The Morgan fingerprint density at radius 3 is 2.53 bits per heavy atom. The zero-order valence-electron chi connectivity index (χ0n) is 10.3. The van der Waals surface area contributed by atoms with Crippen LogP contribution in [-0.2, 0) is 0 Å². The first-order chi connectivity index (χ1) is 7.03. The topological polar surface area (TPSA) is 3.24 Å². The van der Waals surface area contributed by atoms with Crippen molar-refractivity contribution in [3.8, 4) is 0 Å². The van der Waals surface area contributed by atoms with Crippen molar-refractivity contribution in [1.82, 2.24) is 4.90 Å². The highest BCUT2D eigenvalue weighted by Crippen LogP contribution is 2.52. The summed E-state index contributed by atoms with van der Waals surface area (Å²) in [5.74, 6) is 1.03. The maximum Gasteiger partial charge on any atom is 0.115 e. The third kappa shape index (κ3) is 2.35. The highest BCUT2D eigenvalue weighted by molar-refractivity contribution is 4.98. The summed E-state index contributed by atoms with van der Waals surface area (Å²) < 4.78 is 13.6. The fourth-order valence-electron chi connectivity index (χ4n) is 2.75. The van der Waals surface area contributed by atoms with Crippen LogP contribution in [-0.4, -0.2) is 30.7 Å². The largest absolute Gasteiger partial charge is 0.300 e. The van der Waals surface area contributed by atoms with E-state index in [1.54, 1.807) is 0 Å². The molecule has 2 unspecified atom stereocenters. The fourth-order valence-corrected chi connectivity index (χ4v) is 2.75. The van der Waals surface area contributed by atoms with E-state index in [1.165, 1.54) is 12.8 Å². The van der Waals surface area contributed by atoms with E-state index in [2.05, 4.69) is 18.7 Å². The Morgan fingerprint density at radius 2 is 2.07 bits per heavy atom. The lowest BCUT2D eigenvalue weighted by Crippen LogP contribution is -2.44. The standard InChI is InChI=1S/C13H24FN/c1-10(2)13(5-6-13)9-15-7-4-11(3)12(14)8-15/h10-12H,4-9H2,1-3H3. The number of piperidine rings is 1. The maximum absolute atomic E-state index is 13.6. The Morgan fingerprint density at radius 1 is 1.40 bits per heavy atom. The summed E-state index contributed by atoms with van der Waals surface area (Å²) in [5.41, 5.74) is 0.542. The molecule has 1 nitrogen and oxygen atoms in total. The minimum atomic E-state index is -0.596. The molecule has 0 spiro atoms. The smallest absolute Gasteiger partial charge is 0.115 e. The molecular formula is C13H24FN. The van der Waals surface area contributed by atoms with Crippen LogP contribution in [0.25, 0.3) is 0 Å². The first-order valence-electron chi connectivity index (χ1n) is 6.40. The minimum absolute atomic E-state index is 0.274. The fraction of sp³-hybridized carbons (Fsp3) is 1.00. The summed E-state index contributed by atoms with van der Waals surface area (Å²) in [6.45, 7) is 9.58. The van der Waals surface area contributed by atoms with Gasteiger partial charge >= 0.3 is 0 Å². The first-order valence-corrected chi connectivity index (χ1v) is 6.40. The van der Waals surface area contributed by atoms with Gasteiger partial charge < -0.3 is 0 Å². The van der Waals surface area contributed by atoms with Crippen LogP contribution in [0.1, 0.15) is 40.0 Å². The SMILES string of the molecule is CC1CCN(CC2(C(C)C)CC2)CC1F. The highest BCUT2D eigenvalue weighted by atomic mass is 19.1. The van der Waals surface area contributed by atoms with Crippen LogP contribution in [0, 0.1) is 17.3 Å². The second-order valence-electron chi connectivity index (χ2n) is 6.03. The van der Waals surface area contributed by atoms with Crippen LogP contribution in [0.2, 0.25) is 0 Å². The molecule has 2 heteroatoms. The van der Waals surface area contributed by atoms with Crippen LogP contribution in [0.4, 0.5) is 4.39 Å². The van der Waals surface area contributed by atoms with Crippen LogP contribution in [0.3, 0.4) is 0 Å². The van der Waals surface area contributed by atoms with Gasteiger partial charge in [0.25, 0.3) is 0 Å². The van der Waals surface area contributed by atoms with Gasteiger partial charge in [0.05, 0.1) is 0 Å². The molecule has 0 N–H and O–H groups in total. The second kappa shape index (κ2) is 4.04. The Hall–Kier alpha value is -0.110. The second-order valence-corrected chi connectivity index (χ2v) is 6.03. The molecule has 2 aliphatic rings. The van der Waals surface area contributed by atoms with Crippen molar-refractivity contribution in [1.29, 1.82) is 0 Å². The molecule has 1 aliphatic heterocycles. The van der Waals surface area contributed by atoms with Gasteiger partial charge in [-0.05, 0) is 43.1 Å². The lowest BCUT2D eigenvalue weighted by atomic mass is 9.90. The molecular weight excluding hydrogens is 189 g/mol. The quantitative estimate of drug-likeness (QED) is 0.696. The van der Waals surface area contributed by atoms with Crippen molar-refractivity contribution in [3.63, 3.8) is 0 Å². The number of alkyl halides is 1. The minimum Gasteiger partial charge on any atom is -0.300 e. The number of hydrogen-bond donors (Lipinski definition) is 0. The molecule has 2 fully saturated rings. The van der Waals surface area contributed by atoms with Gasteiger partial charge in [0.2, 0.25) is 0 Å². The molecule has 0 bridgehead atoms. The van der Waals surface area contributed by atoms with E-state index in [-0.39, 0.29) is 5.92 Å². The van der Waals surface area contributed by atoms with Gasteiger partial charge in [-0.25, -0.2) is 4.39 Å². The number of rotatable bonds is 3. The van der Waals surface area contributed by atoms with Crippen LogP contribution in [0.15, 0.2) is 0 Å². The molecule has 0 aromatic carbocycles. The zero-order valence-corrected chi connectivity index (χ0v) is 10.3. The van der Waals surface area contributed by atoms with Crippen LogP contribution in [0.5, 0.6) is 0 Å². The Bertz CT molecular complexity index is 223. The van der Waals surface area contributed by atoms with Crippen molar-refractivity contribution in [2.75, 3.05) is 19.6 Å². The summed E-state index contributed by atoms with van der Waals surface area (Å²) in [6, 6.07) is 0. The summed E-state index contributed by atoms with van der Waals surface area (Å²) in [7, 11) is 0. The summed E-state index contributed by atoms with van der Waals surface area (Å²) in [5, 5.41) is 0. The molecule has 2 rings (SSSR count). The molecule has 1 heterocycles. The van der Waals surface area contributed by atoms with Crippen LogP contribution >= 0.6 is 0 Å². The Labute approximate surface area is 93.0 Å². The van der Waals surface area contributed by atoms with E-state index in [4.69, 9.17) is 0 Å². The number of hydrogen-bond acceptors (Lipinski definition) is 1. The molecule has 2 atom stereocenters. The number of halogens is 1. The van der Waals surface area contributed by atoms with Crippen molar-refractivity contribution in [3.05, 3.63) is 0 Å². The molecule has 0 aromatic rings. The van der Waals surface area contributed by atoms with E-state index in [0.29, 0.717) is 12.0 Å². The molecule has 15 heavy (non-hydrogen) atoms. The lowest BCUT2D eigenvalue weighted by molar-refractivity contribution is 0.0702. The monoisotopic (exact) mass is 213 g/mol. The van der Waals surface area contributed by atoms with Gasteiger partial charge in [0.15, 0.2) is 0 Å². The van der Waals surface area contributed by atoms with Gasteiger partial charge in [-0.1, -0.05) is 20.8 Å². The normalized spacial score (nSPS) is 35.8. The van der Waals surface area contributed by atoms with E-state index in [1.807, 2.05) is 6.92 Å². The highest BCUT2D eigenvalue weighted by Gasteiger charge is 2.46. The molecule has 0 radical (unpaired) electrons. The average molecular weight is 213 g/mol.